The van der Waals surface area contributed by atoms with Gasteiger partial charge < -0.3 is 13.7 Å². The molecule has 0 bridgehead atoms. The van der Waals surface area contributed by atoms with Crippen LogP contribution in [0.1, 0.15) is 39.3 Å². The van der Waals surface area contributed by atoms with Gasteiger partial charge in [0.15, 0.2) is 0 Å². The van der Waals surface area contributed by atoms with Gasteiger partial charge in [0.2, 0.25) is 17.0 Å². The van der Waals surface area contributed by atoms with Crippen LogP contribution in [0.25, 0.3) is 0 Å². The van der Waals surface area contributed by atoms with E-state index in [1.807, 2.05) is 18.2 Å². The fourth-order valence-corrected chi connectivity index (χ4v) is 3.20. The van der Waals surface area contributed by atoms with E-state index in [2.05, 4.69) is 16.3 Å². The molecule has 0 fully saturated rings. The first-order chi connectivity index (χ1) is 11.6. The van der Waals surface area contributed by atoms with Crippen molar-refractivity contribution in [1.29, 1.82) is 0 Å². The van der Waals surface area contributed by atoms with Crippen LogP contribution >= 0.6 is 11.6 Å². The second kappa shape index (κ2) is 5.79. The molecule has 0 saturated heterocycles. The highest BCUT2D eigenvalue weighted by molar-refractivity contribution is 6.32. The summed E-state index contributed by atoms with van der Waals surface area (Å²) >= 11 is 5.99. The van der Waals surface area contributed by atoms with Gasteiger partial charge in [-0.05, 0) is 28.8 Å². The average molecular weight is 344 g/mol. The molecule has 2 aromatic heterocycles. The van der Waals surface area contributed by atoms with Crippen LogP contribution in [-0.2, 0) is 13.0 Å². The number of aryl methyl sites for hydroxylation is 1. The minimum absolute atomic E-state index is 0.0827. The molecule has 0 saturated carbocycles. The van der Waals surface area contributed by atoms with Gasteiger partial charge in [-0.1, -0.05) is 24.3 Å². The first kappa shape index (κ1) is 15.0. The van der Waals surface area contributed by atoms with Crippen molar-refractivity contribution in [2.24, 2.45) is 0 Å². The van der Waals surface area contributed by atoms with Gasteiger partial charge in [-0.15, -0.1) is 10.2 Å². The van der Waals surface area contributed by atoms with E-state index in [1.165, 1.54) is 11.8 Å². The van der Waals surface area contributed by atoms with Gasteiger partial charge in [-0.3, -0.25) is 4.79 Å². The van der Waals surface area contributed by atoms with E-state index < -0.39 is 0 Å². The lowest BCUT2D eigenvalue weighted by Crippen LogP contribution is -2.39. The lowest BCUT2D eigenvalue weighted by Gasteiger charge is -2.34. The highest BCUT2D eigenvalue weighted by Gasteiger charge is 2.35. The predicted molar refractivity (Wildman–Crippen MR) is 85.5 cm³/mol. The molecule has 1 aliphatic rings. The number of benzene rings is 1. The first-order valence-electron chi connectivity index (χ1n) is 7.54. The van der Waals surface area contributed by atoms with Crippen molar-refractivity contribution in [3.63, 3.8) is 0 Å². The van der Waals surface area contributed by atoms with Gasteiger partial charge in [0.05, 0.1) is 11.8 Å². The number of carbonyl (C=O) groups excluding carboxylic acids is 1. The Bertz CT molecular complexity index is 902. The molecule has 24 heavy (non-hydrogen) atoms. The largest absolute Gasteiger partial charge is 0.452 e. The van der Waals surface area contributed by atoms with Crippen molar-refractivity contribution >= 4 is 17.5 Å². The number of fused-ring (bicyclic) bond motifs is 1. The van der Waals surface area contributed by atoms with Crippen LogP contribution in [0.4, 0.5) is 0 Å². The normalized spacial score (nSPS) is 16.9. The van der Waals surface area contributed by atoms with Crippen molar-refractivity contribution in [2.75, 3.05) is 0 Å². The second-order valence-electron chi connectivity index (χ2n) is 5.69. The van der Waals surface area contributed by atoms with Crippen LogP contribution in [-0.4, -0.2) is 21.0 Å². The summed E-state index contributed by atoms with van der Waals surface area (Å²) in [6.07, 6.45) is 2.01. The Morgan fingerprint density at radius 1 is 1.25 bits per heavy atom. The number of aromatic nitrogens is 2. The summed E-state index contributed by atoms with van der Waals surface area (Å²) in [6.45, 7) is 2.18. The number of nitrogens with zero attached hydrogens (tertiary/aromatic N) is 3. The number of hydrogen-bond acceptors (Lipinski definition) is 5. The molecule has 0 spiro atoms. The molecule has 4 rings (SSSR count). The Kier molecular flexibility index (Phi) is 3.61. The Labute approximate surface area is 143 Å². The quantitative estimate of drug-likeness (QED) is 0.711. The molecule has 3 heterocycles. The molecule has 1 aromatic carbocycles. The number of furan rings is 1. The smallest absolute Gasteiger partial charge is 0.259 e. The summed E-state index contributed by atoms with van der Waals surface area (Å²) < 4.78 is 10.7. The molecule has 0 radical (unpaired) electrons. The maximum absolute atomic E-state index is 13.0. The summed E-state index contributed by atoms with van der Waals surface area (Å²) in [5, 5.41) is 8.09. The van der Waals surface area contributed by atoms with E-state index in [-0.39, 0.29) is 17.2 Å². The van der Waals surface area contributed by atoms with Crippen LogP contribution in [0.5, 0.6) is 0 Å². The summed E-state index contributed by atoms with van der Waals surface area (Å²) in [4.78, 5) is 14.7. The van der Waals surface area contributed by atoms with E-state index in [9.17, 15) is 4.79 Å². The van der Waals surface area contributed by atoms with Crippen LogP contribution in [0, 0.1) is 6.92 Å². The maximum Gasteiger partial charge on any atom is 0.259 e. The minimum atomic E-state index is -0.334. The molecule has 1 amide bonds. The monoisotopic (exact) mass is 343 g/mol. The zero-order chi connectivity index (χ0) is 16.7. The molecule has 0 aliphatic carbocycles. The fraction of sp³-hybridized carbons (Fsp3) is 0.235. The topological polar surface area (TPSA) is 72.4 Å². The lowest BCUT2D eigenvalue weighted by atomic mass is 9.93. The molecular weight excluding hydrogens is 330 g/mol. The molecule has 7 heteroatoms. The molecule has 1 unspecified atom stereocenters. The van der Waals surface area contributed by atoms with Crippen molar-refractivity contribution in [3.8, 4) is 0 Å². The van der Waals surface area contributed by atoms with Crippen molar-refractivity contribution in [2.45, 2.75) is 25.9 Å². The number of halogens is 1. The van der Waals surface area contributed by atoms with Crippen molar-refractivity contribution in [3.05, 3.63) is 70.3 Å². The Hall–Kier alpha value is -2.60. The third kappa shape index (κ3) is 2.49. The van der Waals surface area contributed by atoms with E-state index in [1.54, 1.807) is 17.9 Å². The third-order valence-corrected chi connectivity index (χ3v) is 4.48. The molecule has 6 nitrogen and oxygen atoms in total. The fourth-order valence-electron chi connectivity index (χ4n) is 3.00. The lowest BCUT2D eigenvalue weighted by molar-refractivity contribution is 0.0602. The number of hydrogen-bond donors (Lipinski definition) is 0. The van der Waals surface area contributed by atoms with Crippen molar-refractivity contribution < 1.29 is 13.6 Å². The molecule has 3 aromatic rings. The summed E-state index contributed by atoms with van der Waals surface area (Å²) in [5.74, 6) is 0.677. The van der Waals surface area contributed by atoms with Gasteiger partial charge in [-0.25, -0.2) is 0 Å². The van der Waals surface area contributed by atoms with E-state index in [0.717, 1.165) is 5.56 Å². The van der Waals surface area contributed by atoms with Crippen LogP contribution in [0.2, 0.25) is 5.22 Å². The maximum atomic E-state index is 13.0. The van der Waals surface area contributed by atoms with Gasteiger partial charge in [0.1, 0.15) is 6.04 Å². The van der Waals surface area contributed by atoms with Crippen LogP contribution < -0.4 is 0 Å². The SMILES string of the molecule is Cc1nnc(C2Cc3ccccc3CN2C(=O)c2ccoc2Cl)o1. The van der Waals surface area contributed by atoms with Crippen molar-refractivity contribution in [1.82, 2.24) is 15.1 Å². The van der Waals surface area contributed by atoms with Crippen LogP contribution in [0.15, 0.2) is 45.4 Å². The van der Waals surface area contributed by atoms with E-state index >= 15 is 0 Å². The first-order valence-corrected chi connectivity index (χ1v) is 7.92. The molecule has 122 valence electrons. The summed E-state index contributed by atoms with van der Waals surface area (Å²) in [7, 11) is 0. The second-order valence-corrected chi connectivity index (χ2v) is 6.03. The molecule has 0 N–H and O–H groups in total. The molecule has 1 aliphatic heterocycles. The molecular formula is C17H14ClN3O3. The number of amides is 1. The van der Waals surface area contributed by atoms with Gasteiger partial charge >= 0.3 is 0 Å². The minimum Gasteiger partial charge on any atom is -0.452 e. The zero-order valence-electron chi connectivity index (χ0n) is 12.9. The Morgan fingerprint density at radius 3 is 2.71 bits per heavy atom. The standard InChI is InChI=1S/C17H14ClN3O3/c1-10-19-20-16(24-10)14-8-11-4-2-3-5-12(11)9-21(14)17(22)13-6-7-23-15(13)18/h2-7,14H,8-9H2,1H3. The summed E-state index contributed by atoms with van der Waals surface area (Å²) in [6, 6.07) is 9.25. The molecule has 1 atom stereocenters. The van der Waals surface area contributed by atoms with E-state index in [4.69, 9.17) is 20.4 Å². The number of rotatable bonds is 2. The highest BCUT2D eigenvalue weighted by Crippen LogP contribution is 2.34. The predicted octanol–water partition coefficient (Wildman–Crippen LogP) is 3.56. The van der Waals surface area contributed by atoms with Gasteiger partial charge in [0.25, 0.3) is 5.91 Å². The van der Waals surface area contributed by atoms with Gasteiger partial charge in [0, 0.05) is 19.9 Å². The zero-order valence-corrected chi connectivity index (χ0v) is 13.7. The highest BCUT2D eigenvalue weighted by atomic mass is 35.5. The number of carbonyl (C=O) groups is 1. The van der Waals surface area contributed by atoms with Gasteiger partial charge in [-0.2, -0.15) is 0 Å². The van der Waals surface area contributed by atoms with E-state index in [0.29, 0.717) is 30.3 Å². The Morgan fingerprint density at radius 2 is 2.04 bits per heavy atom. The average Bonchev–Trinajstić information content (AvgIpc) is 3.21. The van der Waals surface area contributed by atoms with Crippen LogP contribution in [0.3, 0.4) is 0 Å². The summed E-state index contributed by atoms with van der Waals surface area (Å²) in [5.41, 5.74) is 2.59. The third-order valence-electron chi connectivity index (χ3n) is 4.18. The Balaban J connectivity index is 1.76.